The monoisotopic (exact) mass is 816 g/mol. The van der Waals surface area contributed by atoms with Gasteiger partial charge in [-0.3, -0.25) is 0 Å². The van der Waals surface area contributed by atoms with Crippen molar-refractivity contribution in [3.05, 3.63) is 131 Å². The molecular formula is C46H56HfSi-2. The van der Waals surface area contributed by atoms with Gasteiger partial charge in [0, 0.05) is 35.4 Å². The summed E-state index contributed by atoms with van der Waals surface area (Å²) in [6.07, 6.45) is 2.34. The molecule has 2 unspecified atom stereocenters. The summed E-state index contributed by atoms with van der Waals surface area (Å²) in [5, 5.41) is 5.50. The zero-order valence-electron chi connectivity index (χ0n) is 31.1. The molecule has 6 aromatic rings. The van der Waals surface area contributed by atoms with Gasteiger partial charge in [0.15, 0.2) is 0 Å². The maximum absolute atomic E-state index is 2.38. The fourth-order valence-electron chi connectivity index (χ4n) is 6.44. The number of fused-ring (bicyclic) bond motifs is 2. The van der Waals surface area contributed by atoms with Gasteiger partial charge in [0.2, 0.25) is 0 Å². The van der Waals surface area contributed by atoms with Crippen LogP contribution in [0.15, 0.2) is 109 Å². The summed E-state index contributed by atoms with van der Waals surface area (Å²) in [6, 6.07) is 40.6. The van der Waals surface area contributed by atoms with E-state index in [9.17, 15) is 0 Å². The maximum atomic E-state index is 2.38. The molecule has 0 nitrogen and oxygen atoms in total. The molecule has 0 N–H and O–H groups in total. The van der Waals surface area contributed by atoms with Crippen LogP contribution in [0.2, 0.25) is 13.1 Å². The second-order valence-corrected chi connectivity index (χ2v) is 14.8. The first-order valence-electron chi connectivity index (χ1n) is 17.8. The molecule has 2 atom stereocenters. The van der Waals surface area contributed by atoms with Crippen LogP contribution in [-0.4, -0.2) is 9.52 Å². The van der Waals surface area contributed by atoms with E-state index in [1.165, 1.54) is 78.9 Å². The molecule has 0 saturated heterocycles. The first-order valence-corrected chi connectivity index (χ1v) is 19.8. The summed E-state index contributed by atoms with van der Waals surface area (Å²) in [6.45, 7) is 22.5. The second kappa shape index (κ2) is 18.8. The Morgan fingerprint density at radius 3 is 1.17 bits per heavy atom. The van der Waals surface area contributed by atoms with Crippen molar-refractivity contribution in [1.29, 1.82) is 0 Å². The predicted octanol–water partition coefficient (Wildman–Crippen LogP) is 14.5. The molecule has 48 heavy (non-hydrogen) atoms. The van der Waals surface area contributed by atoms with Gasteiger partial charge in [-0.05, 0) is 58.8 Å². The summed E-state index contributed by atoms with van der Waals surface area (Å²) in [5.41, 5.74) is 11.3. The topological polar surface area (TPSA) is 0 Å². The van der Waals surface area contributed by atoms with E-state index in [2.05, 4.69) is 178 Å². The van der Waals surface area contributed by atoms with Crippen LogP contribution in [0.3, 0.4) is 0 Å². The normalized spacial score (nSPS) is 12.2. The Balaban J connectivity index is 0.000000236. The third-order valence-corrected chi connectivity index (χ3v) is 9.67. The van der Waals surface area contributed by atoms with E-state index < -0.39 is 0 Å². The summed E-state index contributed by atoms with van der Waals surface area (Å²) in [5.74, 6) is 2.33. The molecule has 0 aliphatic heterocycles. The Bertz CT molecular complexity index is 1710. The van der Waals surface area contributed by atoms with Crippen LogP contribution < -0.4 is 0 Å². The molecule has 0 bridgehead atoms. The number of hydrogen-bond acceptors (Lipinski definition) is 0. The molecule has 0 aliphatic carbocycles. The van der Waals surface area contributed by atoms with Crippen LogP contribution >= 0.6 is 0 Å². The van der Waals surface area contributed by atoms with Crippen molar-refractivity contribution in [2.45, 2.75) is 105 Å². The molecule has 250 valence electrons. The molecule has 0 heterocycles. The van der Waals surface area contributed by atoms with Gasteiger partial charge in [-0.2, -0.15) is 12.1 Å². The van der Waals surface area contributed by atoms with Crippen LogP contribution in [0.4, 0.5) is 0 Å². The molecule has 0 aromatic heterocycles. The van der Waals surface area contributed by atoms with E-state index in [0.29, 0.717) is 23.7 Å². The second-order valence-electron chi connectivity index (χ2n) is 13.8. The van der Waals surface area contributed by atoms with E-state index >= 15 is 0 Å². The minimum absolute atomic E-state index is 0. The van der Waals surface area contributed by atoms with E-state index in [1.807, 2.05) is 0 Å². The number of benzene rings is 4. The molecule has 0 aliphatic rings. The van der Waals surface area contributed by atoms with Crippen LogP contribution in [0.1, 0.15) is 114 Å². The summed E-state index contributed by atoms with van der Waals surface area (Å²) < 4.78 is 0. The Hall–Kier alpha value is -2.81. The average molecular weight is 816 g/mol. The van der Waals surface area contributed by atoms with Crippen molar-refractivity contribution < 1.29 is 25.8 Å². The molecule has 2 radical (unpaired) electrons. The quantitative estimate of drug-likeness (QED) is 0.106. The number of rotatable bonds is 8. The largest absolute Gasteiger partial charge is 0.164 e. The van der Waals surface area contributed by atoms with Crippen LogP contribution in [0, 0.1) is 0 Å². The first kappa shape index (κ1) is 39.6. The number of hydrogen-bond donors (Lipinski definition) is 0. The van der Waals surface area contributed by atoms with Gasteiger partial charge in [0.05, 0.1) is 0 Å². The summed E-state index contributed by atoms with van der Waals surface area (Å²) >= 11 is 0. The van der Waals surface area contributed by atoms with Crippen molar-refractivity contribution in [2.24, 2.45) is 0 Å². The van der Waals surface area contributed by atoms with Crippen LogP contribution in [0.25, 0.3) is 43.8 Å². The van der Waals surface area contributed by atoms with Gasteiger partial charge < -0.3 is 0 Å². The van der Waals surface area contributed by atoms with Gasteiger partial charge in [-0.15, -0.1) is 69.1 Å². The van der Waals surface area contributed by atoms with Crippen molar-refractivity contribution in [2.75, 3.05) is 0 Å². The fraction of sp³-hybridized carbons (Fsp3) is 0.348. The Morgan fingerprint density at radius 1 is 0.500 bits per heavy atom. The molecule has 6 rings (SSSR count). The molecule has 0 amide bonds. The molecule has 2 heteroatoms. The van der Waals surface area contributed by atoms with Gasteiger partial charge in [0.25, 0.3) is 0 Å². The van der Waals surface area contributed by atoms with Crippen LogP contribution in [-0.2, 0) is 25.8 Å². The van der Waals surface area contributed by atoms with E-state index in [-0.39, 0.29) is 25.8 Å². The van der Waals surface area contributed by atoms with E-state index in [0.717, 1.165) is 9.52 Å². The SMILES string of the molecule is CCC(C)c1ccccc1-c1cccc2[cH-]c(C(C)C)cc12.CCC(C)c1ccccc1-c1cccc2[cH-]c(C(C)C)cc12.C[Si]C.[Hf]. The van der Waals surface area contributed by atoms with Gasteiger partial charge in [-0.25, -0.2) is 0 Å². The average Bonchev–Trinajstić information content (AvgIpc) is 3.74. The minimum Gasteiger partial charge on any atom is -0.164 e. The Kier molecular flexibility index (Phi) is 15.5. The van der Waals surface area contributed by atoms with Gasteiger partial charge in [-0.1, -0.05) is 140 Å². The Labute approximate surface area is 313 Å². The first-order chi connectivity index (χ1) is 22.6. The van der Waals surface area contributed by atoms with E-state index in [4.69, 9.17) is 0 Å². The zero-order valence-corrected chi connectivity index (χ0v) is 35.7. The third kappa shape index (κ3) is 9.24. The standard InChI is InChI=1S/2C22H25.C2H6Si.Hf/c2*1-5-16(4)19-10-6-7-11-20(19)21-12-8-9-17-13-18(15(2)3)14-22(17)21;1-3-2;/h2*6-16H,5H2,1-4H3;1-2H3;/q2*-1;;. The predicted molar refractivity (Wildman–Crippen MR) is 213 cm³/mol. The van der Waals surface area contributed by atoms with Crippen molar-refractivity contribution in [3.8, 4) is 22.3 Å². The Morgan fingerprint density at radius 2 is 0.833 bits per heavy atom. The van der Waals surface area contributed by atoms with Crippen molar-refractivity contribution >= 4 is 31.1 Å². The zero-order chi connectivity index (χ0) is 34.1. The van der Waals surface area contributed by atoms with Crippen LogP contribution in [0.5, 0.6) is 0 Å². The van der Waals surface area contributed by atoms with Gasteiger partial charge >= 0.3 is 0 Å². The molecule has 0 fully saturated rings. The van der Waals surface area contributed by atoms with E-state index in [1.54, 1.807) is 0 Å². The smallest absolute Gasteiger partial charge is 0.0307 e. The summed E-state index contributed by atoms with van der Waals surface area (Å²) in [4.78, 5) is 0. The molecule has 0 saturated carbocycles. The summed E-state index contributed by atoms with van der Waals surface area (Å²) in [7, 11) is 1.08. The van der Waals surface area contributed by atoms with Crippen molar-refractivity contribution in [3.63, 3.8) is 0 Å². The maximum Gasteiger partial charge on any atom is 0.0307 e. The minimum atomic E-state index is 0. The molecular weight excluding hydrogens is 759 g/mol. The van der Waals surface area contributed by atoms with Crippen molar-refractivity contribution in [1.82, 2.24) is 0 Å². The van der Waals surface area contributed by atoms with Gasteiger partial charge in [0.1, 0.15) is 0 Å². The molecule has 6 aromatic carbocycles. The third-order valence-electron chi connectivity index (χ3n) is 9.67. The fourth-order valence-corrected chi connectivity index (χ4v) is 6.44. The molecule has 0 spiro atoms.